The number of ether oxygens (including phenoxy) is 1. The number of carboxylic acids is 1. The molecule has 25 heavy (non-hydrogen) atoms. The number of carbonyl (C=O) groups is 3. The SMILES string of the molecule is O=C(O)[C@H]1CN(C(=O)CCN2C(=O)CCc3cc(F)ccc32)CCO1. The number of benzene rings is 1. The molecule has 1 aromatic rings. The van der Waals surface area contributed by atoms with Crippen LogP contribution in [0.5, 0.6) is 0 Å². The van der Waals surface area contributed by atoms with Gasteiger partial charge < -0.3 is 19.6 Å². The van der Waals surface area contributed by atoms with Gasteiger partial charge in [-0.1, -0.05) is 0 Å². The largest absolute Gasteiger partial charge is 0.479 e. The van der Waals surface area contributed by atoms with Gasteiger partial charge >= 0.3 is 5.97 Å². The third-order valence-corrected chi connectivity index (χ3v) is 4.49. The van der Waals surface area contributed by atoms with Gasteiger partial charge in [0.05, 0.1) is 13.2 Å². The van der Waals surface area contributed by atoms with E-state index in [-0.39, 0.29) is 50.2 Å². The van der Waals surface area contributed by atoms with Gasteiger partial charge in [-0.3, -0.25) is 9.59 Å². The lowest BCUT2D eigenvalue weighted by Gasteiger charge is -2.33. The quantitative estimate of drug-likeness (QED) is 0.868. The zero-order valence-corrected chi connectivity index (χ0v) is 13.6. The Morgan fingerprint density at radius 2 is 2.12 bits per heavy atom. The van der Waals surface area contributed by atoms with E-state index < -0.39 is 12.1 Å². The Morgan fingerprint density at radius 3 is 2.88 bits per heavy atom. The molecule has 0 aliphatic carbocycles. The maximum atomic E-state index is 13.4. The molecule has 8 heteroatoms. The maximum Gasteiger partial charge on any atom is 0.334 e. The number of carbonyl (C=O) groups excluding carboxylic acids is 2. The summed E-state index contributed by atoms with van der Waals surface area (Å²) in [6.07, 6.45) is -0.170. The van der Waals surface area contributed by atoms with Crippen molar-refractivity contribution in [2.45, 2.75) is 25.4 Å². The topological polar surface area (TPSA) is 87.2 Å². The van der Waals surface area contributed by atoms with Gasteiger partial charge in [0.15, 0.2) is 6.10 Å². The van der Waals surface area contributed by atoms with Crippen LogP contribution in [0.3, 0.4) is 0 Å². The van der Waals surface area contributed by atoms with Crippen LogP contribution >= 0.6 is 0 Å². The van der Waals surface area contributed by atoms with Crippen molar-refractivity contribution in [1.29, 1.82) is 0 Å². The minimum absolute atomic E-state index is 0.00388. The normalized spacial score (nSPS) is 20.4. The fourth-order valence-corrected chi connectivity index (χ4v) is 3.16. The first-order chi connectivity index (χ1) is 12.0. The Morgan fingerprint density at radius 1 is 1.32 bits per heavy atom. The Balaban J connectivity index is 1.64. The summed E-state index contributed by atoms with van der Waals surface area (Å²) in [6, 6.07) is 4.27. The summed E-state index contributed by atoms with van der Waals surface area (Å²) in [6.45, 7) is 0.696. The van der Waals surface area contributed by atoms with E-state index in [2.05, 4.69) is 0 Å². The maximum absolute atomic E-state index is 13.4. The van der Waals surface area contributed by atoms with Gasteiger partial charge in [0.1, 0.15) is 5.82 Å². The Kier molecular flexibility index (Phi) is 4.98. The summed E-state index contributed by atoms with van der Waals surface area (Å²) >= 11 is 0. The molecule has 3 rings (SSSR count). The van der Waals surface area contributed by atoms with Gasteiger partial charge in [-0.25, -0.2) is 9.18 Å². The Labute approximate surface area is 144 Å². The summed E-state index contributed by atoms with van der Waals surface area (Å²) in [5, 5.41) is 8.99. The molecule has 0 radical (unpaired) electrons. The predicted octanol–water partition coefficient (Wildman–Crippen LogP) is 0.807. The second kappa shape index (κ2) is 7.18. The van der Waals surface area contributed by atoms with Crippen LogP contribution in [0.2, 0.25) is 0 Å². The van der Waals surface area contributed by atoms with Crippen LogP contribution in [0.25, 0.3) is 0 Å². The van der Waals surface area contributed by atoms with Crippen molar-refractivity contribution >= 4 is 23.5 Å². The van der Waals surface area contributed by atoms with Gasteiger partial charge in [-0.05, 0) is 30.2 Å². The van der Waals surface area contributed by atoms with E-state index in [9.17, 15) is 18.8 Å². The Bertz CT molecular complexity index is 708. The first-order valence-corrected chi connectivity index (χ1v) is 8.16. The van der Waals surface area contributed by atoms with E-state index in [0.717, 1.165) is 5.56 Å². The molecule has 0 spiro atoms. The van der Waals surface area contributed by atoms with Gasteiger partial charge in [0.2, 0.25) is 11.8 Å². The number of hydrogen-bond donors (Lipinski definition) is 1. The molecule has 1 saturated heterocycles. The van der Waals surface area contributed by atoms with E-state index in [0.29, 0.717) is 18.7 Å². The number of rotatable bonds is 4. The first-order valence-electron chi connectivity index (χ1n) is 8.16. The highest BCUT2D eigenvalue weighted by Crippen LogP contribution is 2.28. The molecule has 2 aliphatic rings. The number of nitrogens with zero attached hydrogens (tertiary/aromatic N) is 2. The van der Waals surface area contributed by atoms with Gasteiger partial charge in [-0.2, -0.15) is 0 Å². The van der Waals surface area contributed by atoms with Crippen molar-refractivity contribution in [2.75, 3.05) is 31.1 Å². The second-order valence-electron chi connectivity index (χ2n) is 6.11. The third-order valence-electron chi connectivity index (χ3n) is 4.49. The van der Waals surface area contributed by atoms with E-state index in [1.54, 1.807) is 6.07 Å². The van der Waals surface area contributed by atoms with Gasteiger partial charge in [0, 0.05) is 31.6 Å². The van der Waals surface area contributed by atoms with Crippen molar-refractivity contribution in [2.24, 2.45) is 0 Å². The van der Waals surface area contributed by atoms with Crippen LogP contribution in [0.15, 0.2) is 18.2 Å². The summed E-state index contributed by atoms with van der Waals surface area (Å²) in [7, 11) is 0. The van der Waals surface area contributed by atoms with Crippen LogP contribution in [0.1, 0.15) is 18.4 Å². The van der Waals surface area contributed by atoms with E-state index in [1.807, 2.05) is 0 Å². The van der Waals surface area contributed by atoms with Crippen molar-refractivity contribution < 1.29 is 28.6 Å². The van der Waals surface area contributed by atoms with E-state index >= 15 is 0 Å². The average molecular weight is 350 g/mol. The molecule has 1 aromatic carbocycles. The highest BCUT2D eigenvalue weighted by molar-refractivity contribution is 5.97. The molecule has 2 amide bonds. The third kappa shape index (κ3) is 3.79. The lowest BCUT2D eigenvalue weighted by Crippen LogP contribution is -2.49. The zero-order valence-electron chi connectivity index (χ0n) is 13.6. The summed E-state index contributed by atoms with van der Waals surface area (Å²) < 4.78 is 18.4. The van der Waals surface area contributed by atoms with Crippen LogP contribution in [-0.4, -0.2) is 60.1 Å². The molecule has 2 aliphatic heterocycles. The lowest BCUT2D eigenvalue weighted by molar-refractivity contribution is -0.159. The molecule has 0 aromatic heterocycles. The molecule has 1 atom stereocenters. The zero-order chi connectivity index (χ0) is 18.0. The molecule has 2 heterocycles. The van der Waals surface area contributed by atoms with Crippen molar-refractivity contribution in [3.05, 3.63) is 29.6 Å². The smallest absolute Gasteiger partial charge is 0.334 e. The predicted molar refractivity (Wildman–Crippen MR) is 85.6 cm³/mol. The van der Waals surface area contributed by atoms with Crippen LogP contribution in [0, 0.1) is 5.82 Å². The highest BCUT2D eigenvalue weighted by atomic mass is 19.1. The second-order valence-corrected chi connectivity index (χ2v) is 6.11. The van der Waals surface area contributed by atoms with Gasteiger partial charge in [-0.15, -0.1) is 0 Å². The lowest BCUT2D eigenvalue weighted by atomic mass is 10.0. The number of amides is 2. The van der Waals surface area contributed by atoms with Crippen LogP contribution in [0.4, 0.5) is 10.1 Å². The number of halogens is 1. The van der Waals surface area contributed by atoms with Gasteiger partial charge in [0.25, 0.3) is 0 Å². The standard InChI is InChI=1S/C17H19FN2O5/c18-12-2-3-13-11(9-12)1-4-16(22)20(13)6-5-15(21)19-7-8-25-14(10-19)17(23)24/h2-3,9,14H,1,4-8,10H2,(H,23,24)/t14-/m1/s1. The number of carboxylic acid groups (broad SMARTS) is 1. The highest BCUT2D eigenvalue weighted by Gasteiger charge is 2.30. The van der Waals surface area contributed by atoms with Crippen LogP contribution in [-0.2, 0) is 25.5 Å². The van der Waals surface area contributed by atoms with Crippen LogP contribution < -0.4 is 4.90 Å². The first kappa shape index (κ1) is 17.3. The van der Waals surface area contributed by atoms with E-state index in [1.165, 1.54) is 21.9 Å². The molecule has 1 fully saturated rings. The summed E-state index contributed by atoms with van der Waals surface area (Å²) in [4.78, 5) is 38.5. The minimum atomic E-state index is -1.10. The Hall–Kier alpha value is -2.48. The number of hydrogen-bond acceptors (Lipinski definition) is 4. The molecular formula is C17H19FN2O5. The fourth-order valence-electron chi connectivity index (χ4n) is 3.16. The van der Waals surface area contributed by atoms with Crippen molar-refractivity contribution in [3.63, 3.8) is 0 Å². The number of fused-ring (bicyclic) bond motifs is 1. The molecule has 7 nitrogen and oxygen atoms in total. The molecule has 0 saturated carbocycles. The molecule has 0 bridgehead atoms. The van der Waals surface area contributed by atoms with Crippen molar-refractivity contribution in [3.8, 4) is 0 Å². The number of morpholine rings is 1. The summed E-state index contributed by atoms with van der Waals surface area (Å²) in [5.74, 6) is -1.77. The number of anilines is 1. The fraction of sp³-hybridized carbons (Fsp3) is 0.471. The number of aryl methyl sites for hydroxylation is 1. The molecule has 1 N–H and O–H groups in total. The molecule has 0 unspecified atom stereocenters. The molecule has 134 valence electrons. The summed E-state index contributed by atoms with van der Waals surface area (Å²) in [5.41, 5.74) is 1.39. The van der Waals surface area contributed by atoms with E-state index in [4.69, 9.17) is 9.84 Å². The van der Waals surface area contributed by atoms with Crippen molar-refractivity contribution in [1.82, 2.24) is 4.90 Å². The minimum Gasteiger partial charge on any atom is -0.479 e. The molecular weight excluding hydrogens is 331 g/mol. The monoisotopic (exact) mass is 350 g/mol. The average Bonchev–Trinajstić information content (AvgIpc) is 2.60. The number of aliphatic carboxylic acids is 1.